The summed E-state index contributed by atoms with van der Waals surface area (Å²) < 4.78 is 28.1. The van der Waals surface area contributed by atoms with Crippen molar-refractivity contribution in [3.05, 3.63) is 27.1 Å². The van der Waals surface area contributed by atoms with E-state index in [2.05, 4.69) is 36.6 Å². The highest BCUT2D eigenvalue weighted by molar-refractivity contribution is 9.11. The van der Waals surface area contributed by atoms with Gasteiger partial charge in [0.1, 0.15) is 0 Å². The van der Waals surface area contributed by atoms with E-state index in [1.54, 1.807) is 32.0 Å². The monoisotopic (exact) mass is 420 g/mol. The van der Waals surface area contributed by atoms with Crippen LogP contribution in [0.15, 0.2) is 32.0 Å². The van der Waals surface area contributed by atoms with Crippen LogP contribution < -0.4 is 10.5 Å². The number of nitrogens with two attached hydrogens (primary N) is 1. The zero-order chi connectivity index (χ0) is 13.3. The van der Waals surface area contributed by atoms with Gasteiger partial charge in [-0.15, -0.1) is 12.4 Å². The summed E-state index contributed by atoms with van der Waals surface area (Å²) in [6.07, 6.45) is 0. The third kappa shape index (κ3) is 4.79. The van der Waals surface area contributed by atoms with E-state index in [1.807, 2.05) is 0 Å². The van der Waals surface area contributed by atoms with Gasteiger partial charge in [0.2, 0.25) is 10.0 Å². The van der Waals surface area contributed by atoms with Crippen LogP contribution in [0.25, 0.3) is 0 Å². The molecule has 0 atom stereocenters. The molecule has 0 spiro atoms. The molecule has 0 amide bonds. The molecule has 0 bridgehead atoms. The third-order valence-corrected chi connectivity index (χ3v) is 5.29. The second-order valence-electron chi connectivity index (χ2n) is 4.27. The van der Waals surface area contributed by atoms with Crippen molar-refractivity contribution in [2.75, 3.05) is 6.54 Å². The maximum Gasteiger partial charge on any atom is 0.242 e. The van der Waals surface area contributed by atoms with E-state index >= 15 is 0 Å². The summed E-state index contributed by atoms with van der Waals surface area (Å²) in [4.78, 5) is 0.188. The molecule has 0 heterocycles. The maximum atomic E-state index is 12.2. The quantitative estimate of drug-likeness (QED) is 0.784. The van der Waals surface area contributed by atoms with Crippen molar-refractivity contribution in [2.24, 2.45) is 5.73 Å². The molecule has 18 heavy (non-hydrogen) atoms. The Kier molecular flexibility index (Phi) is 6.80. The zero-order valence-electron chi connectivity index (χ0n) is 9.91. The van der Waals surface area contributed by atoms with Crippen LogP contribution in [-0.4, -0.2) is 20.5 Å². The summed E-state index contributed by atoms with van der Waals surface area (Å²) in [5.41, 5.74) is 4.83. The Balaban J connectivity index is 0.00000289. The predicted molar refractivity (Wildman–Crippen MR) is 82.5 cm³/mol. The van der Waals surface area contributed by atoms with Gasteiger partial charge in [0.05, 0.1) is 4.90 Å². The average molecular weight is 423 g/mol. The first-order chi connectivity index (χ1) is 7.68. The van der Waals surface area contributed by atoms with E-state index in [9.17, 15) is 8.42 Å². The van der Waals surface area contributed by atoms with E-state index in [0.717, 1.165) is 0 Å². The molecular weight excluding hydrogens is 407 g/mol. The van der Waals surface area contributed by atoms with Crippen molar-refractivity contribution in [1.82, 2.24) is 4.72 Å². The molecule has 1 aromatic carbocycles. The molecule has 0 saturated heterocycles. The van der Waals surface area contributed by atoms with Gasteiger partial charge < -0.3 is 5.73 Å². The highest BCUT2D eigenvalue weighted by Gasteiger charge is 2.26. The second-order valence-corrected chi connectivity index (χ2v) is 7.69. The molecule has 104 valence electrons. The summed E-state index contributed by atoms with van der Waals surface area (Å²) in [5, 5.41) is 0. The average Bonchev–Trinajstić information content (AvgIpc) is 2.20. The van der Waals surface area contributed by atoms with E-state index in [1.165, 1.54) is 0 Å². The normalized spacial score (nSPS) is 12.1. The molecule has 1 aromatic rings. The molecule has 4 nitrogen and oxygen atoms in total. The molecule has 0 unspecified atom stereocenters. The standard InChI is InChI=1S/C10H14Br2N2O2S.ClH/c1-10(2,6-13)14-17(15,16)9-5-7(11)3-4-8(9)12;/h3-5,14H,6,13H2,1-2H3;1H. The van der Waals surface area contributed by atoms with Crippen LogP contribution in [0.4, 0.5) is 0 Å². The molecule has 0 radical (unpaired) electrons. The fraction of sp³-hybridized carbons (Fsp3) is 0.400. The van der Waals surface area contributed by atoms with Crippen LogP contribution in [-0.2, 0) is 10.0 Å². The number of benzene rings is 1. The van der Waals surface area contributed by atoms with Gasteiger partial charge in [0.25, 0.3) is 0 Å². The fourth-order valence-corrected chi connectivity index (χ4v) is 4.07. The fourth-order valence-electron chi connectivity index (χ4n) is 1.14. The smallest absolute Gasteiger partial charge is 0.242 e. The molecule has 0 aliphatic heterocycles. The van der Waals surface area contributed by atoms with E-state index in [-0.39, 0.29) is 23.8 Å². The Morgan fingerprint density at radius 2 is 1.89 bits per heavy atom. The number of sulfonamides is 1. The predicted octanol–water partition coefficient (Wildman–Crippen LogP) is 2.65. The van der Waals surface area contributed by atoms with Gasteiger partial charge in [-0.1, -0.05) is 15.9 Å². The largest absolute Gasteiger partial charge is 0.329 e. The van der Waals surface area contributed by atoms with Crippen LogP contribution >= 0.6 is 44.3 Å². The number of hydrogen-bond donors (Lipinski definition) is 2. The van der Waals surface area contributed by atoms with Crippen molar-refractivity contribution >= 4 is 54.3 Å². The van der Waals surface area contributed by atoms with Crippen molar-refractivity contribution in [1.29, 1.82) is 0 Å². The molecule has 0 aliphatic rings. The Hall–Kier alpha value is 0.340. The number of halogens is 3. The lowest BCUT2D eigenvalue weighted by Crippen LogP contribution is -2.48. The third-order valence-electron chi connectivity index (χ3n) is 2.10. The minimum Gasteiger partial charge on any atom is -0.329 e. The molecule has 3 N–H and O–H groups in total. The number of rotatable bonds is 4. The van der Waals surface area contributed by atoms with Gasteiger partial charge >= 0.3 is 0 Å². The lowest BCUT2D eigenvalue weighted by atomic mass is 10.1. The van der Waals surface area contributed by atoms with E-state index < -0.39 is 15.6 Å². The van der Waals surface area contributed by atoms with E-state index in [0.29, 0.717) is 8.95 Å². The second kappa shape index (κ2) is 6.67. The molecule has 1 rings (SSSR count). The van der Waals surface area contributed by atoms with Crippen molar-refractivity contribution < 1.29 is 8.42 Å². The highest BCUT2D eigenvalue weighted by Crippen LogP contribution is 2.26. The summed E-state index contributed by atoms with van der Waals surface area (Å²) >= 11 is 6.47. The Bertz CT molecular complexity index is 521. The van der Waals surface area contributed by atoms with Gasteiger partial charge in [-0.3, -0.25) is 0 Å². The first-order valence-corrected chi connectivity index (χ1v) is 7.94. The molecule has 0 aromatic heterocycles. The van der Waals surface area contributed by atoms with Crippen molar-refractivity contribution in [3.63, 3.8) is 0 Å². The minimum absolute atomic E-state index is 0. The highest BCUT2D eigenvalue weighted by atomic mass is 79.9. The molecular formula is C10H15Br2ClN2O2S. The topological polar surface area (TPSA) is 72.2 Å². The zero-order valence-corrected chi connectivity index (χ0v) is 14.7. The van der Waals surface area contributed by atoms with Crippen LogP contribution in [0.5, 0.6) is 0 Å². The Labute approximate surface area is 130 Å². The number of hydrogen-bond acceptors (Lipinski definition) is 3. The molecule has 0 saturated carbocycles. The number of nitrogens with one attached hydrogen (secondary N) is 1. The first-order valence-electron chi connectivity index (χ1n) is 4.87. The Morgan fingerprint density at radius 1 is 1.33 bits per heavy atom. The van der Waals surface area contributed by atoms with Gasteiger partial charge in [0.15, 0.2) is 0 Å². The summed E-state index contributed by atoms with van der Waals surface area (Å²) in [7, 11) is -3.59. The summed E-state index contributed by atoms with van der Waals surface area (Å²) in [6, 6.07) is 4.98. The summed E-state index contributed by atoms with van der Waals surface area (Å²) in [5.74, 6) is 0. The lowest BCUT2D eigenvalue weighted by molar-refractivity contribution is 0.462. The van der Waals surface area contributed by atoms with Crippen molar-refractivity contribution in [3.8, 4) is 0 Å². The molecule has 0 aliphatic carbocycles. The van der Waals surface area contributed by atoms with Crippen LogP contribution in [0.3, 0.4) is 0 Å². The van der Waals surface area contributed by atoms with Gasteiger partial charge in [-0.2, -0.15) is 0 Å². The van der Waals surface area contributed by atoms with Crippen LogP contribution in [0, 0.1) is 0 Å². The maximum absolute atomic E-state index is 12.2. The van der Waals surface area contributed by atoms with Gasteiger partial charge in [-0.05, 0) is 48.0 Å². The minimum atomic E-state index is -3.59. The molecule has 0 fully saturated rings. The SMILES string of the molecule is CC(C)(CN)NS(=O)(=O)c1cc(Br)ccc1Br.Cl. The Morgan fingerprint density at radius 3 is 2.39 bits per heavy atom. The van der Waals surface area contributed by atoms with Crippen molar-refractivity contribution in [2.45, 2.75) is 24.3 Å². The van der Waals surface area contributed by atoms with Crippen LogP contribution in [0.2, 0.25) is 0 Å². The van der Waals surface area contributed by atoms with Crippen LogP contribution in [0.1, 0.15) is 13.8 Å². The first kappa shape index (κ1) is 18.3. The lowest BCUT2D eigenvalue weighted by Gasteiger charge is -2.24. The van der Waals surface area contributed by atoms with Gasteiger partial charge in [-0.25, -0.2) is 13.1 Å². The summed E-state index contributed by atoms with van der Waals surface area (Å²) in [6.45, 7) is 3.69. The van der Waals surface area contributed by atoms with E-state index in [4.69, 9.17) is 5.73 Å². The molecule has 8 heteroatoms. The van der Waals surface area contributed by atoms with Gasteiger partial charge in [0, 0.05) is 21.0 Å².